The van der Waals surface area contributed by atoms with Gasteiger partial charge in [-0.25, -0.2) is 13.8 Å². The van der Waals surface area contributed by atoms with Crippen LogP contribution in [0.15, 0.2) is 76.2 Å². The van der Waals surface area contributed by atoms with E-state index in [4.69, 9.17) is 22.1 Å². The van der Waals surface area contributed by atoms with E-state index >= 15 is 0 Å². The maximum Gasteiger partial charge on any atom is 0.294 e. The maximum absolute atomic E-state index is 12.7. The number of fused-ring (bicyclic) bond motifs is 1. The first kappa shape index (κ1) is 24.8. The second kappa shape index (κ2) is 10.8. The van der Waals surface area contributed by atoms with Gasteiger partial charge >= 0.3 is 0 Å². The number of nitrogens with two attached hydrogens (primary N) is 1. The number of benzene rings is 2. The normalized spacial score (nSPS) is 12.2. The summed E-state index contributed by atoms with van der Waals surface area (Å²) in [5, 5.41) is 12.1. The van der Waals surface area contributed by atoms with Gasteiger partial charge in [-0.1, -0.05) is 36.4 Å². The zero-order chi connectivity index (χ0) is 24.8. The standard InChI is InChI=1S/C24H23ClF2N6O/c1-14(16-7-8-20-17(11-16)9-10-31-23(20)28)32-33(30-4)13-19-6-5-18(12-21(19)25)24(29-3)34-15(2)22(26)27/h5-12,22H,2,4,13H2,1,3H3,(H2,28,31)/b29-24?,32-14+. The third-order valence-corrected chi connectivity index (χ3v) is 5.28. The number of alkyl halides is 2. The Morgan fingerprint density at radius 2 is 1.94 bits per heavy atom. The fourth-order valence-corrected chi connectivity index (χ4v) is 3.38. The first-order valence-electron chi connectivity index (χ1n) is 10.1. The molecule has 0 saturated carbocycles. The molecule has 0 aliphatic heterocycles. The van der Waals surface area contributed by atoms with E-state index < -0.39 is 12.2 Å². The summed E-state index contributed by atoms with van der Waals surface area (Å²) in [7, 11) is 1.42. The van der Waals surface area contributed by atoms with E-state index in [9.17, 15) is 8.78 Å². The highest BCUT2D eigenvalue weighted by Crippen LogP contribution is 2.23. The molecule has 0 spiro atoms. The van der Waals surface area contributed by atoms with Crippen molar-refractivity contribution in [3.8, 4) is 0 Å². The highest BCUT2D eigenvalue weighted by molar-refractivity contribution is 6.31. The van der Waals surface area contributed by atoms with Gasteiger partial charge in [0.2, 0.25) is 5.90 Å². The summed E-state index contributed by atoms with van der Waals surface area (Å²) >= 11 is 6.43. The van der Waals surface area contributed by atoms with E-state index in [-0.39, 0.29) is 12.4 Å². The Morgan fingerprint density at radius 1 is 1.21 bits per heavy atom. The number of aromatic nitrogens is 1. The van der Waals surface area contributed by atoms with Crippen LogP contribution in [0.4, 0.5) is 14.6 Å². The van der Waals surface area contributed by atoms with E-state index in [1.807, 2.05) is 31.2 Å². The van der Waals surface area contributed by atoms with Crippen LogP contribution in [0, 0.1) is 0 Å². The van der Waals surface area contributed by atoms with Gasteiger partial charge in [0.15, 0.2) is 5.76 Å². The summed E-state index contributed by atoms with van der Waals surface area (Å²) in [5.74, 6) is -0.245. The van der Waals surface area contributed by atoms with Crippen molar-refractivity contribution in [1.29, 1.82) is 0 Å². The number of anilines is 1. The smallest absolute Gasteiger partial charge is 0.294 e. The molecule has 2 N–H and O–H groups in total. The molecule has 3 aromatic rings. The Kier molecular flexibility index (Phi) is 7.91. The molecule has 0 atom stereocenters. The monoisotopic (exact) mass is 484 g/mol. The fourth-order valence-electron chi connectivity index (χ4n) is 3.14. The van der Waals surface area contributed by atoms with Crippen LogP contribution < -0.4 is 5.73 Å². The second-order valence-electron chi connectivity index (χ2n) is 7.19. The van der Waals surface area contributed by atoms with E-state index in [2.05, 4.69) is 33.5 Å². The second-order valence-corrected chi connectivity index (χ2v) is 7.60. The summed E-state index contributed by atoms with van der Waals surface area (Å²) in [6.07, 6.45) is -1.17. The van der Waals surface area contributed by atoms with Gasteiger partial charge in [0.05, 0.1) is 12.3 Å². The van der Waals surface area contributed by atoms with Crippen LogP contribution in [0.3, 0.4) is 0 Å². The minimum Gasteiger partial charge on any atom is -0.438 e. The fraction of sp³-hybridized carbons (Fsp3) is 0.167. The summed E-state index contributed by atoms with van der Waals surface area (Å²) in [6, 6.07) is 12.6. The zero-order valence-electron chi connectivity index (χ0n) is 18.7. The van der Waals surface area contributed by atoms with Gasteiger partial charge in [-0.3, -0.25) is 4.99 Å². The molecule has 10 heteroatoms. The Labute approximate surface area is 200 Å². The van der Waals surface area contributed by atoms with E-state index in [1.54, 1.807) is 24.4 Å². The lowest BCUT2D eigenvalue weighted by Crippen LogP contribution is -2.14. The molecule has 3 rings (SSSR count). The number of nitrogens with zero attached hydrogens (tertiary/aromatic N) is 5. The highest BCUT2D eigenvalue weighted by Gasteiger charge is 2.16. The summed E-state index contributed by atoms with van der Waals surface area (Å²) in [4.78, 5) is 7.99. The predicted octanol–water partition coefficient (Wildman–Crippen LogP) is 5.48. The van der Waals surface area contributed by atoms with Crippen molar-refractivity contribution < 1.29 is 13.5 Å². The number of nitrogen functional groups attached to an aromatic ring is 1. The number of rotatable bonds is 8. The number of hydrazone groups is 2. The molecule has 0 unspecified atom stereocenters. The molecule has 1 heterocycles. The number of halogens is 3. The van der Waals surface area contributed by atoms with E-state index in [0.29, 0.717) is 27.7 Å². The number of pyridine rings is 1. The number of aliphatic imine (C=N–C) groups is 1. The summed E-state index contributed by atoms with van der Waals surface area (Å²) in [5.41, 5.74) is 8.63. The van der Waals surface area contributed by atoms with Crippen molar-refractivity contribution in [2.75, 3.05) is 12.8 Å². The molecule has 2 aromatic carbocycles. The molecule has 7 nitrogen and oxygen atoms in total. The molecule has 0 aliphatic carbocycles. The largest absolute Gasteiger partial charge is 0.438 e. The van der Waals surface area contributed by atoms with Crippen LogP contribution in [-0.2, 0) is 11.3 Å². The first-order valence-corrected chi connectivity index (χ1v) is 10.5. The van der Waals surface area contributed by atoms with Crippen LogP contribution >= 0.6 is 11.6 Å². The Balaban J connectivity index is 1.80. The van der Waals surface area contributed by atoms with Gasteiger partial charge in [0, 0.05) is 35.9 Å². The molecule has 0 aliphatic rings. The molecule has 0 bridgehead atoms. The predicted molar refractivity (Wildman–Crippen MR) is 134 cm³/mol. The van der Waals surface area contributed by atoms with Crippen molar-refractivity contribution in [1.82, 2.24) is 10.1 Å². The Bertz CT molecular complexity index is 1290. The maximum atomic E-state index is 12.7. The molecule has 34 heavy (non-hydrogen) atoms. The number of hydrogen-bond donors (Lipinski definition) is 1. The first-order chi connectivity index (χ1) is 16.2. The summed E-state index contributed by atoms with van der Waals surface area (Å²) < 4.78 is 30.5. The topological polar surface area (TPSA) is 88.5 Å². The lowest BCUT2D eigenvalue weighted by molar-refractivity contribution is 0.135. The molecule has 0 fully saturated rings. The number of ether oxygens (including phenoxy) is 1. The van der Waals surface area contributed by atoms with Gasteiger partial charge in [-0.05, 0) is 47.7 Å². The lowest BCUT2D eigenvalue weighted by Gasteiger charge is -2.16. The number of hydrogen-bond acceptors (Lipinski definition) is 7. The molecular weight excluding hydrogens is 462 g/mol. The Morgan fingerprint density at radius 3 is 2.59 bits per heavy atom. The molecule has 0 amide bonds. The van der Waals surface area contributed by atoms with Crippen molar-refractivity contribution in [3.05, 3.63) is 82.7 Å². The minimum atomic E-state index is -2.82. The van der Waals surface area contributed by atoms with E-state index in [1.165, 1.54) is 12.2 Å². The zero-order valence-corrected chi connectivity index (χ0v) is 19.4. The van der Waals surface area contributed by atoms with Gasteiger partial charge in [-0.2, -0.15) is 15.3 Å². The third kappa shape index (κ3) is 5.74. The highest BCUT2D eigenvalue weighted by atomic mass is 35.5. The minimum absolute atomic E-state index is 0.0153. The van der Waals surface area contributed by atoms with Crippen molar-refractivity contribution in [2.24, 2.45) is 15.2 Å². The van der Waals surface area contributed by atoms with Crippen molar-refractivity contribution >= 4 is 46.5 Å². The van der Waals surface area contributed by atoms with Crippen LogP contribution in [0.5, 0.6) is 0 Å². The molecule has 176 valence electrons. The van der Waals surface area contributed by atoms with Crippen LogP contribution in [-0.4, -0.2) is 41.9 Å². The SMILES string of the molecule is C=NN(Cc1ccc(C(=NC)OC(=C)C(F)F)cc1Cl)/N=C(\C)c1ccc2c(N)nccc2c1. The van der Waals surface area contributed by atoms with Crippen LogP contribution in [0.1, 0.15) is 23.6 Å². The van der Waals surface area contributed by atoms with Gasteiger partial charge < -0.3 is 10.5 Å². The quantitative estimate of drug-likeness (QED) is 0.198. The Hall–Kier alpha value is -3.85. The third-order valence-electron chi connectivity index (χ3n) is 4.93. The average molecular weight is 485 g/mol. The molecule has 1 aromatic heterocycles. The summed E-state index contributed by atoms with van der Waals surface area (Å²) in [6.45, 7) is 8.86. The van der Waals surface area contributed by atoms with Crippen molar-refractivity contribution in [2.45, 2.75) is 19.9 Å². The van der Waals surface area contributed by atoms with Gasteiger partial charge in [-0.15, -0.1) is 0 Å². The van der Waals surface area contributed by atoms with Crippen LogP contribution in [0.25, 0.3) is 10.8 Å². The molecular formula is C24H23ClF2N6O. The molecule has 0 saturated heterocycles. The number of allylic oxidation sites excluding steroid dienone is 1. The molecule has 0 radical (unpaired) electrons. The van der Waals surface area contributed by atoms with Gasteiger partial charge in [0.25, 0.3) is 6.43 Å². The van der Waals surface area contributed by atoms with Crippen LogP contribution in [0.2, 0.25) is 5.02 Å². The van der Waals surface area contributed by atoms with Gasteiger partial charge in [0.1, 0.15) is 5.82 Å². The lowest BCUT2D eigenvalue weighted by atomic mass is 10.1. The van der Waals surface area contributed by atoms with E-state index in [0.717, 1.165) is 16.3 Å². The average Bonchev–Trinajstić information content (AvgIpc) is 2.82. The van der Waals surface area contributed by atoms with Crippen molar-refractivity contribution in [3.63, 3.8) is 0 Å².